The van der Waals surface area contributed by atoms with E-state index in [9.17, 15) is 9.18 Å². The van der Waals surface area contributed by atoms with E-state index in [1.165, 1.54) is 23.9 Å². The van der Waals surface area contributed by atoms with Crippen LogP contribution in [0, 0.1) is 12.7 Å². The molecule has 6 heteroatoms. The molecule has 0 aliphatic heterocycles. The largest absolute Gasteiger partial charge is 0.325 e. The molecule has 1 N–H and O–H groups in total. The van der Waals surface area contributed by atoms with Crippen molar-refractivity contribution in [2.45, 2.75) is 11.9 Å². The summed E-state index contributed by atoms with van der Waals surface area (Å²) in [5.74, 6) is 0.313. The minimum Gasteiger partial charge on any atom is -0.325 e. The second kappa shape index (κ2) is 8.41. The summed E-state index contributed by atoms with van der Waals surface area (Å²) in [5.41, 5.74) is 3.36. The molecule has 0 spiro atoms. The average Bonchev–Trinajstić information content (AvgIpc) is 2.73. The van der Waals surface area contributed by atoms with E-state index in [0.29, 0.717) is 5.82 Å². The Labute approximate surface area is 172 Å². The first kappa shape index (κ1) is 19.1. The third-order valence-corrected chi connectivity index (χ3v) is 5.31. The Morgan fingerprint density at radius 1 is 1.00 bits per heavy atom. The van der Waals surface area contributed by atoms with Crippen molar-refractivity contribution in [2.75, 3.05) is 11.1 Å². The highest BCUT2D eigenvalue weighted by molar-refractivity contribution is 8.00. The van der Waals surface area contributed by atoms with E-state index < -0.39 is 0 Å². The van der Waals surface area contributed by atoms with E-state index in [0.717, 1.165) is 32.7 Å². The summed E-state index contributed by atoms with van der Waals surface area (Å²) in [6.07, 6.45) is 0. The second-order valence-corrected chi connectivity index (χ2v) is 7.55. The summed E-state index contributed by atoms with van der Waals surface area (Å²) >= 11 is 1.36. The lowest BCUT2D eigenvalue weighted by atomic mass is 10.1. The number of hydrogen-bond donors (Lipinski definition) is 1. The third-order valence-electron chi connectivity index (χ3n) is 4.32. The number of amides is 1. The van der Waals surface area contributed by atoms with Crippen molar-refractivity contribution < 1.29 is 9.18 Å². The molecule has 0 fully saturated rings. The Bertz CT molecular complexity index is 1160. The standard InChI is InChI=1S/C23H18FN3OS/c1-15-7-12-19-20(13-15)26-22(16-8-10-17(24)11-9-16)27-23(19)29-14-21(28)25-18-5-3-2-4-6-18/h2-13H,14H2,1H3,(H,25,28). The lowest BCUT2D eigenvalue weighted by molar-refractivity contribution is -0.113. The molecule has 4 nitrogen and oxygen atoms in total. The summed E-state index contributed by atoms with van der Waals surface area (Å²) in [6.45, 7) is 2.00. The van der Waals surface area contributed by atoms with E-state index in [2.05, 4.69) is 15.3 Å². The minimum absolute atomic E-state index is 0.108. The fourth-order valence-electron chi connectivity index (χ4n) is 2.90. The average molecular weight is 403 g/mol. The first-order chi connectivity index (χ1) is 14.1. The normalized spacial score (nSPS) is 10.8. The minimum atomic E-state index is -0.308. The van der Waals surface area contributed by atoms with Gasteiger partial charge in [-0.3, -0.25) is 4.79 Å². The van der Waals surface area contributed by atoms with Gasteiger partial charge in [0.15, 0.2) is 5.82 Å². The molecular formula is C23H18FN3OS. The highest BCUT2D eigenvalue weighted by Crippen LogP contribution is 2.29. The van der Waals surface area contributed by atoms with Gasteiger partial charge in [0.25, 0.3) is 0 Å². The van der Waals surface area contributed by atoms with Gasteiger partial charge in [0, 0.05) is 16.6 Å². The number of hydrogen-bond acceptors (Lipinski definition) is 4. The van der Waals surface area contributed by atoms with Crippen molar-refractivity contribution in [3.8, 4) is 11.4 Å². The number of carbonyl (C=O) groups excluding carboxylic acids is 1. The van der Waals surface area contributed by atoms with Gasteiger partial charge in [0.2, 0.25) is 5.91 Å². The highest BCUT2D eigenvalue weighted by Gasteiger charge is 2.12. The van der Waals surface area contributed by atoms with Crippen LogP contribution < -0.4 is 5.32 Å². The highest BCUT2D eigenvalue weighted by atomic mass is 32.2. The number of carbonyl (C=O) groups is 1. The van der Waals surface area contributed by atoms with E-state index in [-0.39, 0.29) is 17.5 Å². The van der Waals surface area contributed by atoms with Crippen molar-refractivity contribution in [3.63, 3.8) is 0 Å². The summed E-state index contributed by atoms with van der Waals surface area (Å²) in [5, 5.41) is 4.48. The van der Waals surface area contributed by atoms with Crippen LogP contribution >= 0.6 is 11.8 Å². The zero-order chi connectivity index (χ0) is 20.2. The van der Waals surface area contributed by atoms with Crippen LogP contribution in [0.5, 0.6) is 0 Å². The van der Waals surface area contributed by atoms with Crippen LogP contribution in [0.2, 0.25) is 0 Å². The van der Waals surface area contributed by atoms with Crippen LogP contribution in [0.25, 0.3) is 22.3 Å². The Hall–Kier alpha value is -3.25. The van der Waals surface area contributed by atoms with E-state index in [1.807, 2.05) is 55.5 Å². The van der Waals surface area contributed by atoms with Crippen LogP contribution in [-0.4, -0.2) is 21.6 Å². The van der Waals surface area contributed by atoms with Gasteiger partial charge in [-0.15, -0.1) is 0 Å². The number of nitrogens with one attached hydrogen (secondary N) is 1. The molecule has 0 unspecified atom stereocenters. The molecule has 3 aromatic carbocycles. The van der Waals surface area contributed by atoms with Crippen molar-refractivity contribution in [3.05, 3.63) is 84.2 Å². The summed E-state index contributed by atoms with van der Waals surface area (Å²) in [4.78, 5) is 21.7. The maximum Gasteiger partial charge on any atom is 0.234 e. The molecule has 0 saturated heterocycles. The zero-order valence-electron chi connectivity index (χ0n) is 15.7. The summed E-state index contributed by atoms with van der Waals surface area (Å²) < 4.78 is 13.3. The van der Waals surface area contributed by atoms with Gasteiger partial charge in [-0.05, 0) is 61.0 Å². The van der Waals surface area contributed by atoms with E-state index in [4.69, 9.17) is 0 Å². The number of aromatic nitrogens is 2. The van der Waals surface area contributed by atoms with Gasteiger partial charge < -0.3 is 5.32 Å². The molecule has 0 saturated carbocycles. The van der Waals surface area contributed by atoms with Crippen LogP contribution in [0.15, 0.2) is 77.8 Å². The smallest absolute Gasteiger partial charge is 0.234 e. The predicted molar refractivity (Wildman–Crippen MR) is 115 cm³/mol. The number of para-hydroxylation sites is 1. The fourth-order valence-corrected chi connectivity index (χ4v) is 3.72. The molecule has 0 radical (unpaired) electrons. The summed E-state index contributed by atoms with van der Waals surface area (Å²) in [6, 6.07) is 21.4. The molecule has 1 amide bonds. The van der Waals surface area contributed by atoms with Crippen molar-refractivity contribution in [1.82, 2.24) is 9.97 Å². The molecule has 29 heavy (non-hydrogen) atoms. The van der Waals surface area contributed by atoms with Crippen molar-refractivity contribution >= 4 is 34.3 Å². The monoisotopic (exact) mass is 403 g/mol. The third kappa shape index (κ3) is 4.60. The van der Waals surface area contributed by atoms with E-state index in [1.54, 1.807) is 12.1 Å². The van der Waals surface area contributed by atoms with Crippen LogP contribution in [0.3, 0.4) is 0 Å². The molecule has 144 valence electrons. The van der Waals surface area contributed by atoms with Crippen LogP contribution in [0.4, 0.5) is 10.1 Å². The lowest BCUT2D eigenvalue weighted by Crippen LogP contribution is -2.14. The number of anilines is 1. The summed E-state index contributed by atoms with van der Waals surface area (Å²) in [7, 11) is 0. The topological polar surface area (TPSA) is 54.9 Å². The Morgan fingerprint density at radius 3 is 2.52 bits per heavy atom. The number of thioether (sulfide) groups is 1. The fraction of sp³-hybridized carbons (Fsp3) is 0.0870. The number of fused-ring (bicyclic) bond motifs is 1. The van der Waals surface area contributed by atoms with Crippen molar-refractivity contribution in [2.24, 2.45) is 0 Å². The first-order valence-corrected chi connectivity index (χ1v) is 10.1. The number of benzene rings is 3. The van der Waals surface area contributed by atoms with Gasteiger partial charge in [-0.2, -0.15) is 0 Å². The Kier molecular flexibility index (Phi) is 5.53. The molecule has 0 aliphatic carbocycles. The molecule has 4 aromatic rings. The molecule has 0 bridgehead atoms. The SMILES string of the molecule is Cc1ccc2c(SCC(=O)Nc3ccccc3)nc(-c3ccc(F)cc3)nc2c1. The van der Waals surface area contributed by atoms with Crippen LogP contribution in [-0.2, 0) is 4.79 Å². The maximum atomic E-state index is 13.3. The van der Waals surface area contributed by atoms with Crippen LogP contribution in [0.1, 0.15) is 5.56 Å². The van der Waals surface area contributed by atoms with Gasteiger partial charge in [0.1, 0.15) is 10.8 Å². The molecule has 1 aromatic heterocycles. The number of nitrogens with zero attached hydrogens (tertiary/aromatic N) is 2. The second-order valence-electron chi connectivity index (χ2n) is 6.58. The van der Waals surface area contributed by atoms with Gasteiger partial charge in [0.05, 0.1) is 11.3 Å². The predicted octanol–water partition coefficient (Wildman–Crippen LogP) is 5.48. The molecular weight excluding hydrogens is 385 g/mol. The lowest BCUT2D eigenvalue weighted by Gasteiger charge is -2.10. The number of rotatable bonds is 5. The molecule has 0 atom stereocenters. The Balaban J connectivity index is 1.63. The maximum absolute atomic E-state index is 13.3. The van der Waals surface area contributed by atoms with Gasteiger partial charge in [-0.1, -0.05) is 36.0 Å². The molecule has 1 heterocycles. The molecule has 4 rings (SSSR count). The number of halogens is 1. The van der Waals surface area contributed by atoms with Gasteiger partial charge in [-0.25, -0.2) is 14.4 Å². The zero-order valence-corrected chi connectivity index (χ0v) is 16.5. The first-order valence-electron chi connectivity index (χ1n) is 9.10. The molecule has 0 aliphatic rings. The van der Waals surface area contributed by atoms with Crippen molar-refractivity contribution in [1.29, 1.82) is 0 Å². The number of aryl methyl sites for hydroxylation is 1. The van der Waals surface area contributed by atoms with E-state index >= 15 is 0 Å². The van der Waals surface area contributed by atoms with Gasteiger partial charge >= 0.3 is 0 Å². The quantitative estimate of drug-likeness (QED) is 0.354. The Morgan fingerprint density at radius 2 is 1.76 bits per heavy atom.